The van der Waals surface area contributed by atoms with Gasteiger partial charge in [0.2, 0.25) is 0 Å². The Morgan fingerprint density at radius 2 is 2.09 bits per heavy atom. The lowest BCUT2D eigenvalue weighted by Gasteiger charge is -2.10. The Morgan fingerprint density at radius 1 is 1.45 bits per heavy atom. The van der Waals surface area contributed by atoms with E-state index in [0.29, 0.717) is 17.6 Å². The fourth-order valence-electron chi connectivity index (χ4n) is 0.520. The van der Waals surface area contributed by atoms with Crippen LogP contribution in [0.2, 0.25) is 0 Å². The number of thiocarbonyl (C=S) groups is 1. The lowest BCUT2D eigenvalue weighted by atomic mass is 10.2. The molecule has 0 aliphatic rings. The second-order valence-corrected chi connectivity index (χ2v) is 3.13. The fraction of sp³-hybridized carbons (Fsp3) is 0.857. The molecule has 0 amide bonds. The van der Waals surface area contributed by atoms with Gasteiger partial charge in [0.1, 0.15) is 6.67 Å². The number of hydrogen-bond donors (Lipinski definition) is 2. The molecule has 2 nitrogen and oxygen atoms in total. The maximum atomic E-state index is 11.6. The third kappa shape index (κ3) is 7.52. The molecule has 0 heterocycles. The van der Waals surface area contributed by atoms with Crippen LogP contribution in [0.3, 0.4) is 0 Å². The van der Waals surface area contributed by atoms with Gasteiger partial charge in [0.05, 0.1) is 0 Å². The van der Waals surface area contributed by atoms with Crippen LogP contribution < -0.4 is 10.6 Å². The lowest BCUT2D eigenvalue weighted by Crippen LogP contribution is -2.38. The van der Waals surface area contributed by atoms with Gasteiger partial charge in [0, 0.05) is 13.1 Å². The molecule has 0 rings (SSSR count). The number of rotatable bonds is 4. The quantitative estimate of drug-likeness (QED) is 0.630. The molecule has 0 spiro atoms. The van der Waals surface area contributed by atoms with Crippen LogP contribution >= 0.6 is 12.2 Å². The summed E-state index contributed by atoms with van der Waals surface area (Å²) < 4.78 is 11.6. The van der Waals surface area contributed by atoms with Crippen molar-refractivity contribution in [2.45, 2.75) is 13.8 Å². The van der Waals surface area contributed by atoms with Gasteiger partial charge >= 0.3 is 0 Å². The van der Waals surface area contributed by atoms with Gasteiger partial charge < -0.3 is 10.6 Å². The zero-order valence-corrected chi connectivity index (χ0v) is 7.80. The zero-order chi connectivity index (χ0) is 8.69. The summed E-state index contributed by atoms with van der Waals surface area (Å²) in [6.07, 6.45) is 0. The van der Waals surface area contributed by atoms with E-state index in [2.05, 4.69) is 24.5 Å². The van der Waals surface area contributed by atoms with E-state index in [1.165, 1.54) is 0 Å². The molecule has 66 valence electrons. The third-order valence-corrected chi connectivity index (χ3v) is 1.34. The summed E-state index contributed by atoms with van der Waals surface area (Å²) >= 11 is 4.85. The van der Waals surface area contributed by atoms with E-state index < -0.39 is 0 Å². The molecule has 0 fully saturated rings. The first-order valence-corrected chi connectivity index (χ1v) is 4.15. The van der Waals surface area contributed by atoms with Crippen molar-refractivity contribution in [1.29, 1.82) is 0 Å². The molecule has 0 aliphatic heterocycles. The van der Waals surface area contributed by atoms with E-state index in [-0.39, 0.29) is 6.67 Å². The number of nitrogens with one attached hydrogen (secondary N) is 2. The minimum absolute atomic E-state index is 0.296. The maximum absolute atomic E-state index is 11.6. The highest BCUT2D eigenvalue weighted by Gasteiger charge is 1.95. The summed E-state index contributed by atoms with van der Waals surface area (Å²) in [5, 5.41) is 6.24. The van der Waals surface area contributed by atoms with E-state index in [0.717, 1.165) is 6.54 Å². The average molecular weight is 178 g/mol. The van der Waals surface area contributed by atoms with Crippen molar-refractivity contribution in [1.82, 2.24) is 10.6 Å². The van der Waals surface area contributed by atoms with E-state index >= 15 is 0 Å². The van der Waals surface area contributed by atoms with Crippen molar-refractivity contribution in [3.05, 3.63) is 0 Å². The van der Waals surface area contributed by atoms with Crippen LogP contribution in [0.4, 0.5) is 4.39 Å². The Balaban J connectivity index is 3.23. The monoisotopic (exact) mass is 178 g/mol. The Morgan fingerprint density at radius 3 is 2.55 bits per heavy atom. The fourth-order valence-corrected chi connectivity index (χ4v) is 0.705. The van der Waals surface area contributed by atoms with Crippen molar-refractivity contribution in [3.63, 3.8) is 0 Å². The molecular weight excluding hydrogens is 163 g/mol. The molecule has 0 aromatic rings. The summed E-state index contributed by atoms with van der Waals surface area (Å²) in [6.45, 7) is 4.92. The highest BCUT2D eigenvalue weighted by molar-refractivity contribution is 7.80. The molecule has 0 unspecified atom stereocenters. The number of alkyl halides is 1. The van der Waals surface area contributed by atoms with Crippen LogP contribution in [0.5, 0.6) is 0 Å². The molecule has 0 saturated heterocycles. The van der Waals surface area contributed by atoms with Gasteiger partial charge in [-0.2, -0.15) is 0 Å². The van der Waals surface area contributed by atoms with Crippen molar-refractivity contribution in [3.8, 4) is 0 Å². The Bertz CT molecular complexity index is 117. The molecule has 4 heteroatoms. The van der Waals surface area contributed by atoms with Crippen molar-refractivity contribution < 1.29 is 4.39 Å². The summed E-state index contributed by atoms with van der Waals surface area (Å²) in [7, 11) is 0. The predicted molar refractivity (Wildman–Crippen MR) is 49.4 cm³/mol. The standard InChI is InChI=1S/C7H15FN2S/c1-6(2)5-10-7(11)9-4-3-8/h6H,3-5H2,1-2H3,(H2,9,10,11). The molecule has 11 heavy (non-hydrogen) atoms. The highest BCUT2D eigenvalue weighted by Crippen LogP contribution is 1.86. The molecule has 0 radical (unpaired) electrons. The highest BCUT2D eigenvalue weighted by atomic mass is 32.1. The average Bonchev–Trinajstić information content (AvgIpc) is 1.97. The summed E-state index contributed by atoms with van der Waals surface area (Å²) in [6, 6.07) is 0. The summed E-state index contributed by atoms with van der Waals surface area (Å²) in [5.74, 6) is 0.556. The predicted octanol–water partition coefficient (Wildman–Crippen LogP) is 1.08. The van der Waals surface area contributed by atoms with Crippen LogP contribution in [-0.2, 0) is 0 Å². The van der Waals surface area contributed by atoms with Crippen LogP contribution in [0.15, 0.2) is 0 Å². The van der Waals surface area contributed by atoms with Crippen molar-refractivity contribution in [2.24, 2.45) is 5.92 Å². The second kappa shape index (κ2) is 6.34. The van der Waals surface area contributed by atoms with Gasteiger partial charge in [-0.25, -0.2) is 4.39 Å². The number of hydrogen-bond acceptors (Lipinski definition) is 1. The van der Waals surface area contributed by atoms with E-state index in [1.807, 2.05) is 0 Å². The molecule has 0 aromatic heterocycles. The molecule has 0 aliphatic carbocycles. The number of halogens is 1. The van der Waals surface area contributed by atoms with Gasteiger partial charge in [0.15, 0.2) is 5.11 Å². The van der Waals surface area contributed by atoms with Gasteiger partial charge in [-0.1, -0.05) is 13.8 Å². The first-order chi connectivity index (χ1) is 5.16. The third-order valence-electron chi connectivity index (χ3n) is 1.05. The van der Waals surface area contributed by atoms with Crippen molar-refractivity contribution >= 4 is 17.3 Å². The molecule has 2 N–H and O–H groups in total. The lowest BCUT2D eigenvalue weighted by molar-refractivity contribution is 0.489. The van der Waals surface area contributed by atoms with Gasteiger partial charge in [-0.05, 0) is 18.1 Å². The van der Waals surface area contributed by atoms with Crippen LogP contribution in [0.25, 0.3) is 0 Å². The first-order valence-electron chi connectivity index (χ1n) is 3.74. The van der Waals surface area contributed by atoms with Crippen LogP contribution in [0.1, 0.15) is 13.8 Å². The minimum Gasteiger partial charge on any atom is -0.362 e. The molecule has 0 aromatic carbocycles. The van der Waals surface area contributed by atoms with Gasteiger partial charge in [-0.15, -0.1) is 0 Å². The Kier molecular flexibility index (Phi) is 6.12. The first kappa shape index (κ1) is 10.6. The van der Waals surface area contributed by atoms with E-state index in [9.17, 15) is 4.39 Å². The van der Waals surface area contributed by atoms with E-state index in [4.69, 9.17) is 12.2 Å². The second-order valence-electron chi connectivity index (χ2n) is 2.72. The normalized spacial score (nSPS) is 9.82. The SMILES string of the molecule is CC(C)CNC(=S)NCCF. The molecular formula is C7H15FN2S. The summed E-state index contributed by atoms with van der Waals surface area (Å²) in [4.78, 5) is 0. The Hall–Kier alpha value is -0.380. The van der Waals surface area contributed by atoms with Gasteiger partial charge in [0.25, 0.3) is 0 Å². The Labute approximate surface area is 72.6 Å². The zero-order valence-electron chi connectivity index (χ0n) is 6.98. The topological polar surface area (TPSA) is 24.1 Å². The molecule has 0 saturated carbocycles. The molecule has 0 atom stereocenters. The van der Waals surface area contributed by atoms with E-state index in [1.54, 1.807) is 0 Å². The largest absolute Gasteiger partial charge is 0.362 e. The minimum atomic E-state index is -0.385. The van der Waals surface area contributed by atoms with Crippen molar-refractivity contribution in [2.75, 3.05) is 19.8 Å². The molecule has 0 bridgehead atoms. The van der Waals surface area contributed by atoms with Crippen LogP contribution in [-0.4, -0.2) is 24.9 Å². The smallest absolute Gasteiger partial charge is 0.166 e. The van der Waals surface area contributed by atoms with Crippen LogP contribution in [0, 0.1) is 5.92 Å². The van der Waals surface area contributed by atoms with Gasteiger partial charge in [-0.3, -0.25) is 0 Å². The summed E-state index contributed by atoms with van der Waals surface area (Å²) in [5.41, 5.74) is 0. The maximum Gasteiger partial charge on any atom is 0.166 e.